The second-order valence-corrected chi connectivity index (χ2v) is 4.31. The van der Waals surface area contributed by atoms with Gasteiger partial charge in [0.2, 0.25) is 5.95 Å². The molecule has 92 valence electrons. The normalized spacial score (nSPS) is 10.4. The van der Waals surface area contributed by atoms with E-state index < -0.39 is 17.5 Å². The molecule has 0 saturated carbocycles. The van der Waals surface area contributed by atoms with Crippen molar-refractivity contribution in [2.45, 2.75) is 0 Å². The maximum Gasteiger partial charge on any atom is 0.340 e. The molecule has 1 aromatic carbocycles. The molecule has 1 heterocycles. The Balaban J connectivity index is 2.54. The van der Waals surface area contributed by atoms with E-state index in [1.54, 1.807) is 18.2 Å². The standard InChI is InChI=1S/C12H6Cl2FNO2/c13-9-2-1-6(4-10(9)14)7-3-8(12(17)18)11(15)16-5-7/h1-5H,(H,17,18). The maximum atomic E-state index is 13.1. The van der Waals surface area contributed by atoms with Crippen molar-refractivity contribution in [3.8, 4) is 11.1 Å². The number of rotatable bonds is 2. The lowest BCUT2D eigenvalue weighted by Gasteiger charge is -2.05. The second kappa shape index (κ2) is 4.92. The number of hydrogen-bond acceptors (Lipinski definition) is 2. The highest BCUT2D eigenvalue weighted by molar-refractivity contribution is 6.42. The Hall–Kier alpha value is -1.65. The van der Waals surface area contributed by atoms with Crippen molar-refractivity contribution in [2.24, 2.45) is 0 Å². The third-order valence-corrected chi connectivity index (χ3v) is 3.06. The monoisotopic (exact) mass is 285 g/mol. The molecule has 0 spiro atoms. The zero-order valence-electron chi connectivity index (χ0n) is 8.82. The SMILES string of the molecule is O=C(O)c1cc(-c2ccc(Cl)c(Cl)c2)cnc1F. The Morgan fingerprint density at radius 1 is 1.17 bits per heavy atom. The zero-order valence-corrected chi connectivity index (χ0v) is 10.3. The van der Waals surface area contributed by atoms with Crippen LogP contribution in [0.15, 0.2) is 30.5 Å². The van der Waals surface area contributed by atoms with Gasteiger partial charge in [-0.15, -0.1) is 0 Å². The molecule has 0 aliphatic carbocycles. The summed E-state index contributed by atoms with van der Waals surface area (Å²) >= 11 is 11.6. The van der Waals surface area contributed by atoms with Crippen LogP contribution in [-0.4, -0.2) is 16.1 Å². The first-order chi connectivity index (χ1) is 8.49. The quantitative estimate of drug-likeness (QED) is 0.852. The van der Waals surface area contributed by atoms with Gasteiger partial charge in [-0.1, -0.05) is 29.3 Å². The number of nitrogens with zero attached hydrogens (tertiary/aromatic N) is 1. The summed E-state index contributed by atoms with van der Waals surface area (Å²) in [4.78, 5) is 14.2. The van der Waals surface area contributed by atoms with E-state index in [-0.39, 0.29) is 0 Å². The van der Waals surface area contributed by atoms with E-state index in [0.29, 0.717) is 21.2 Å². The third-order valence-electron chi connectivity index (χ3n) is 2.32. The first-order valence-corrected chi connectivity index (χ1v) is 5.59. The van der Waals surface area contributed by atoms with Crippen LogP contribution in [0.4, 0.5) is 4.39 Å². The van der Waals surface area contributed by atoms with Crippen LogP contribution in [0.2, 0.25) is 10.0 Å². The summed E-state index contributed by atoms with van der Waals surface area (Å²) in [6, 6.07) is 5.98. The zero-order chi connectivity index (χ0) is 13.3. The van der Waals surface area contributed by atoms with E-state index in [0.717, 1.165) is 0 Å². The van der Waals surface area contributed by atoms with Crippen LogP contribution in [0.25, 0.3) is 11.1 Å². The number of halogens is 3. The molecule has 1 N–H and O–H groups in total. The minimum atomic E-state index is -1.37. The summed E-state index contributed by atoms with van der Waals surface area (Å²) in [5, 5.41) is 9.52. The lowest BCUT2D eigenvalue weighted by Crippen LogP contribution is -2.02. The van der Waals surface area contributed by atoms with Crippen LogP contribution >= 0.6 is 23.2 Å². The molecule has 0 aliphatic rings. The summed E-state index contributed by atoms with van der Waals surface area (Å²) in [5.41, 5.74) is 0.574. The Kier molecular flexibility index (Phi) is 3.50. The number of aromatic nitrogens is 1. The topological polar surface area (TPSA) is 50.2 Å². The molecule has 2 rings (SSSR count). The lowest BCUT2D eigenvalue weighted by atomic mass is 10.1. The van der Waals surface area contributed by atoms with Gasteiger partial charge in [-0.05, 0) is 23.8 Å². The minimum Gasteiger partial charge on any atom is -0.478 e. The predicted octanol–water partition coefficient (Wildman–Crippen LogP) is 3.89. The number of benzene rings is 1. The maximum absolute atomic E-state index is 13.1. The minimum absolute atomic E-state index is 0.329. The highest BCUT2D eigenvalue weighted by Gasteiger charge is 2.13. The van der Waals surface area contributed by atoms with E-state index in [9.17, 15) is 9.18 Å². The molecule has 0 aliphatic heterocycles. The summed E-state index contributed by atoms with van der Waals surface area (Å²) < 4.78 is 13.1. The number of aromatic carboxylic acids is 1. The van der Waals surface area contributed by atoms with Gasteiger partial charge in [0, 0.05) is 11.8 Å². The Labute approximate surface area is 112 Å². The van der Waals surface area contributed by atoms with Crippen LogP contribution in [0, 0.1) is 5.95 Å². The van der Waals surface area contributed by atoms with Gasteiger partial charge >= 0.3 is 5.97 Å². The molecule has 0 bridgehead atoms. The molecule has 1 aromatic heterocycles. The summed E-state index contributed by atoms with van der Waals surface area (Å²) in [7, 11) is 0. The molecule has 0 fully saturated rings. The number of carbonyl (C=O) groups is 1. The lowest BCUT2D eigenvalue weighted by molar-refractivity contribution is 0.0691. The Morgan fingerprint density at radius 2 is 1.89 bits per heavy atom. The van der Waals surface area contributed by atoms with Gasteiger partial charge in [-0.2, -0.15) is 4.39 Å². The van der Waals surface area contributed by atoms with Gasteiger partial charge in [0.05, 0.1) is 10.0 Å². The van der Waals surface area contributed by atoms with E-state index in [2.05, 4.69) is 4.98 Å². The molecular formula is C12H6Cl2FNO2. The van der Waals surface area contributed by atoms with E-state index in [1.165, 1.54) is 12.3 Å². The molecule has 0 atom stereocenters. The van der Waals surface area contributed by atoms with Crippen LogP contribution in [-0.2, 0) is 0 Å². The number of carboxylic acids is 1. The second-order valence-electron chi connectivity index (χ2n) is 3.50. The fourth-order valence-corrected chi connectivity index (χ4v) is 1.73. The van der Waals surface area contributed by atoms with Crippen molar-refractivity contribution in [3.63, 3.8) is 0 Å². The van der Waals surface area contributed by atoms with Gasteiger partial charge in [-0.25, -0.2) is 9.78 Å². The number of hydrogen-bond donors (Lipinski definition) is 1. The van der Waals surface area contributed by atoms with Gasteiger partial charge in [-0.3, -0.25) is 0 Å². The largest absolute Gasteiger partial charge is 0.478 e. The van der Waals surface area contributed by atoms with Crippen LogP contribution in [0.1, 0.15) is 10.4 Å². The fourth-order valence-electron chi connectivity index (χ4n) is 1.43. The predicted molar refractivity (Wildman–Crippen MR) is 66.6 cm³/mol. The van der Waals surface area contributed by atoms with Crippen LogP contribution in [0.5, 0.6) is 0 Å². The molecular weight excluding hydrogens is 280 g/mol. The van der Waals surface area contributed by atoms with E-state index in [4.69, 9.17) is 28.3 Å². The average molecular weight is 286 g/mol. The first-order valence-electron chi connectivity index (χ1n) is 4.83. The van der Waals surface area contributed by atoms with Gasteiger partial charge in [0.1, 0.15) is 5.56 Å². The molecule has 0 unspecified atom stereocenters. The molecule has 0 radical (unpaired) electrons. The summed E-state index contributed by atoms with van der Waals surface area (Å²) in [5.74, 6) is -2.40. The van der Waals surface area contributed by atoms with Crippen molar-refractivity contribution in [1.29, 1.82) is 0 Å². The Morgan fingerprint density at radius 3 is 2.50 bits per heavy atom. The van der Waals surface area contributed by atoms with E-state index >= 15 is 0 Å². The molecule has 2 aromatic rings. The Bertz CT molecular complexity index is 631. The van der Waals surface area contributed by atoms with E-state index in [1.807, 2.05) is 0 Å². The van der Waals surface area contributed by atoms with Crippen molar-refractivity contribution in [3.05, 3.63) is 52.0 Å². The van der Waals surface area contributed by atoms with Gasteiger partial charge in [0.25, 0.3) is 0 Å². The number of pyridine rings is 1. The summed E-state index contributed by atoms with van der Waals surface area (Å²) in [6.07, 6.45) is 1.24. The molecule has 3 nitrogen and oxygen atoms in total. The van der Waals surface area contributed by atoms with Crippen LogP contribution < -0.4 is 0 Å². The van der Waals surface area contributed by atoms with Crippen molar-refractivity contribution < 1.29 is 14.3 Å². The molecule has 18 heavy (non-hydrogen) atoms. The van der Waals surface area contributed by atoms with Gasteiger partial charge < -0.3 is 5.11 Å². The van der Waals surface area contributed by atoms with Gasteiger partial charge in [0.15, 0.2) is 0 Å². The molecule has 0 amide bonds. The fraction of sp³-hybridized carbons (Fsp3) is 0. The third kappa shape index (κ3) is 2.44. The smallest absolute Gasteiger partial charge is 0.340 e. The highest BCUT2D eigenvalue weighted by atomic mass is 35.5. The van der Waals surface area contributed by atoms with Crippen molar-refractivity contribution in [1.82, 2.24) is 4.98 Å². The average Bonchev–Trinajstić information content (AvgIpc) is 2.33. The molecule has 0 saturated heterocycles. The van der Waals surface area contributed by atoms with Crippen LogP contribution in [0.3, 0.4) is 0 Å². The van der Waals surface area contributed by atoms with Crippen molar-refractivity contribution >= 4 is 29.2 Å². The molecule has 6 heteroatoms. The highest BCUT2D eigenvalue weighted by Crippen LogP contribution is 2.28. The summed E-state index contributed by atoms with van der Waals surface area (Å²) in [6.45, 7) is 0. The van der Waals surface area contributed by atoms with Crippen molar-refractivity contribution in [2.75, 3.05) is 0 Å². The number of carboxylic acid groups (broad SMARTS) is 1. The first kappa shape index (κ1) is 12.8.